The van der Waals surface area contributed by atoms with Gasteiger partial charge in [-0.05, 0) is 12.8 Å². The molecule has 0 saturated carbocycles. The van der Waals surface area contributed by atoms with E-state index < -0.39 is 0 Å². The average Bonchev–Trinajstić information content (AvgIpc) is 2.35. The molecule has 1 fully saturated rings. The quantitative estimate of drug-likeness (QED) is 0.615. The molecule has 1 aliphatic heterocycles. The third-order valence-corrected chi connectivity index (χ3v) is 2.19. The zero-order valence-corrected chi connectivity index (χ0v) is 7.21. The largest absolute Gasteiger partial charge is 0.392 e. The second-order valence-electron chi connectivity index (χ2n) is 3.28. The van der Waals surface area contributed by atoms with E-state index >= 15 is 0 Å². The number of hydrogen-bond acceptors (Lipinski definition) is 2. The van der Waals surface area contributed by atoms with Gasteiger partial charge in [0.1, 0.15) is 0 Å². The highest BCUT2D eigenvalue weighted by molar-refractivity contribution is 4.97. The second-order valence-corrected chi connectivity index (χ2v) is 3.28. The number of rotatable bonds is 3. The van der Waals surface area contributed by atoms with E-state index in [0.717, 1.165) is 32.5 Å². The topological polar surface area (TPSA) is 23.5 Å². The van der Waals surface area contributed by atoms with Gasteiger partial charge in [0.15, 0.2) is 0 Å². The van der Waals surface area contributed by atoms with Gasteiger partial charge >= 0.3 is 0 Å². The molecule has 2 heteroatoms. The van der Waals surface area contributed by atoms with Crippen molar-refractivity contribution in [2.75, 3.05) is 19.6 Å². The Morgan fingerprint density at radius 2 is 2.45 bits per heavy atom. The number of aliphatic hydroxyl groups excluding tert-OH is 1. The van der Waals surface area contributed by atoms with Crippen molar-refractivity contribution in [3.05, 3.63) is 12.2 Å². The SMILES string of the molecule is C=C(CC)CN1CC[C@H](O)C1. The van der Waals surface area contributed by atoms with E-state index in [0.29, 0.717) is 0 Å². The smallest absolute Gasteiger partial charge is 0.0679 e. The van der Waals surface area contributed by atoms with Gasteiger partial charge in [-0.1, -0.05) is 19.1 Å². The lowest BCUT2D eigenvalue weighted by Gasteiger charge is -2.15. The van der Waals surface area contributed by atoms with Crippen LogP contribution in [0.25, 0.3) is 0 Å². The Morgan fingerprint density at radius 1 is 1.73 bits per heavy atom. The Balaban J connectivity index is 2.23. The Bertz CT molecular complexity index is 144. The van der Waals surface area contributed by atoms with Crippen molar-refractivity contribution in [3.63, 3.8) is 0 Å². The molecule has 0 spiro atoms. The molecule has 0 radical (unpaired) electrons. The van der Waals surface area contributed by atoms with Crippen LogP contribution in [-0.4, -0.2) is 35.7 Å². The standard InChI is InChI=1S/C9H17NO/c1-3-8(2)6-10-5-4-9(11)7-10/h9,11H,2-7H2,1H3/t9-/m0/s1. The van der Waals surface area contributed by atoms with Gasteiger partial charge in [-0.2, -0.15) is 0 Å². The van der Waals surface area contributed by atoms with Crippen LogP contribution in [0.3, 0.4) is 0 Å². The number of hydrogen-bond donors (Lipinski definition) is 1. The predicted molar refractivity (Wildman–Crippen MR) is 46.5 cm³/mol. The van der Waals surface area contributed by atoms with Crippen molar-refractivity contribution in [1.82, 2.24) is 4.90 Å². The molecule has 0 aromatic heterocycles. The third kappa shape index (κ3) is 2.64. The summed E-state index contributed by atoms with van der Waals surface area (Å²) in [6.45, 7) is 8.88. The summed E-state index contributed by atoms with van der Waals surface area (Å²) in [5.74, 6) is 0. The second kappa shape index (κ2) is 3.88. The zero-order valence-electron chi connectivity index (χ0n) is 7.21. The maximum absolute atomic E-state index is 9.21. The number of β-amino-alcohol motifs (C(OH)–C–C–N with tert-alkyl or cyclic N) is 1. The van der Waals surface area contributed by atoms with Gasteiger partial charge in [-0.3, -0.25) is 4.90 Å². The molecule has 11 heavy (non-hydrogen) atoms. The Kier molecular flexibility index (Phi) is 3.09. The van der Waals surface area contributed by atoms with E-state index in [1.165, 1.54) is 5.57 Å². The van der Waals surface area contributed by atoms with Crippen LogP contribution in [0, 0.1) is 0 Å². The molecule has 1 heterocycles. The predicted octanol–water partition coefficient (Wildman–Crippen LogP) is 1.02. The van der Waals surface area contributed by atoms with Crippen molar-refractivity contribution in [2.24, 2.45) is 0 Å². The summed E-state index contributed by atoms with van der Waals surface area (Å²) in [7, 11) is 0. The molecule has 64 valence electrons. The summed E-state index contributed by atoms with van der Waals surface area (Å²) in [5, 5.41) is 9.21. The molecular weight excluding hydrogens is 138 g/mol. The molecule has 0 bridgehead atoms. The monoisotopic (exact) mass is 155 g/mol. The Labute approximate surface area is 68.5 Å². The maximum atomic E-state index is 9.21. The van der Waals surface area contributed by atoms with Crippen LogP contribution in [0.15, 0.2) is 12.2 Å². The molecule has 0 unspecified atom stereocenters. The molecule has 2 nitrogen and oxygen atoms in total. The first-order chi connectivity index (χ1) is 5.22. The van der Waals surface area contributed by atoms with Crippen LogP contribution in [0.1, 0.15) is 19.8 Å². The lowest BCUT2D eigenvalue weighted by molar-refractivity contribution is 0.179. The van der Waals surface area contributed by atoms with Gasteiger partial charge in [-0.15, -0.1) is 0 Å². The first-order valence-corrected chi connectivity index (χ1v) is 4.29. The van der Waals surface area contributed by atoms with E-state index in [-0.39, 0.29) is 6.10 Å². The Morgan fingerprint density at radius 3 is 2.91 bits per heavy atom. The lowest BCUT2D eigenvalue weighted by atomic mass is 10.2. The molecule has 1 atom stereocenters. The Hall–Kier alpha value is -0.340. The van der Waals surface area contributed by atoms with E-state index in [4.69, 9.17) is 0 Å². The number of nitrogens with zero attached hydrogens (tertiary/aromatic N) is 1. The summed E-state index contributed by atoms with van der Waals surface area (Å²) in [6, 6.07) is 0. The molecular formula is C9H17NO. The van der Waals surface area contributed by atoms with Gasteiger partial charge in [0.05, 0.1) is 6.10 Å². The van der Waals surface area contributed by atoms with Crippen molar-refractivity contribution in [3.8, 4) is 0 Å². The van der Waals surface area contributed by atoms with Crippen molar-refractivity contribution < 1.29 is 5.11 Å². The fraction of sp³-hybridized carbons (Fsp3) is 0.778. The fourth-order valence-corrected chi connectivity index (χ4v) is 1.38. The lowest BCUT2D eigenvalue weighted by Crippen LogP contribution is -2.23. The highest BCUT2D eigenvalue weighted by atomic mass is 16.3. The van der Waals surface area contributed by atoms with Crippen LogP contribution < -0.4 is 0 Å². The summed E-state index contributed by atoms with van der Waals surface area (Å²) in [6.07, 6.45) is 1.88. The molecule has 0 amide bonds. The number of likely N-dealkylation sites (tertiary alicyclic amines) is 1. The third-order valence-electron chi connectivity index (χ3n) is 2.19. The molecule has 1 aliphatic rings. The molecule has 1 saturated heterocycles. The number of aliphatic hydroxyl groups is 1. The fourth-order valence-electron chi connectivity index (χ4n) is 1.38. The van der Waals surface area contributed by atoms with Gasteiger partial charge < -0.3 is 5.11 Å². The molecule has 0 aromatic carbocycles. The molecule has 1 rings (SSSR count). The van der Waals surface area contributed by atoms with Crippen molar-refractivity contribution >= 4 is 0 Å². The zero-order chi connectivity index (χ0) is 8.27. The van der Waals surface area contributed by atoms with Crippen LogP contribution in [0.2, 0.25) is 0 Å². The van der Waals surface area contributed by atoms with E-state index in [2.05, 4.69) is 18.4 Å². The maximum Gasteiger partial charge on any atom is 0.0679 e. The molecule has 0 aromatic rings. The first kappa shape index (κ1) is 8.75. The van der Waals surface area contributed by atoms with Gasteiger partial charge in [0, 0.05) is 19.6 Å². The van der Waals surface area contributed by atoms with Crippen LogP contribution in [0.4, 0.5) is 0 Å². The van der Waals surface area contributed by atoms with Crippen molar-refractivity contribution in [1.29, 1.82) is 0 Å². The highest BCUT2D eigenvalue weighted by Crippen LogP contribution is 2.11. The van der Waals surface area contributed by atoms with Crippen LogP contribution in [0.5, 0.6) is 0 Å². The van der Waals surface area contributed by atoms with Gasteiger partial charge in [0.2, 0.25) is 0 Å². The van der Waals surface area contributed by atoms with Gasteiger partial charge in [-0.25, -0.2) is 0 Å². The van der Waals surface area contributed by atoms with Crippen LogP contribution >= 0.6 is 0 Å². The summed E-state index contributed by atoms with van der Waals surface area (Å²) in [4.78, 5) is 2.26. The van der Waals surface area contributed by atoms with E-state index in [1.807, 2.05) is 0 Å². The minimum atomic E-state index is -0.0975. The summed E-state index contributed by atoms with van der Waals surface area (Å²) >= 11 is 0. The first-order valence-electron chi connectivity index (χ1n) is 4.29. The molecule has 1 N–H and O–H groups in total. The van der Waals surface area contributed by atoms with Gasteiger partial charge in [0.25, 0.3) is 0 Å². The van der Waals surface area contributed by atoms with Crippen molar-refractivity contribution in [2.45, 2.75) is 25.9 Å². The van der Waals surface area contributed by atoms with Crippen LogP contribution in [-0.2, 0) is 0 Å². The minimum absolute atomic E-state index is 0.0975. The minimum Gasteiger partial charge on any atom is -0.392 e. The average molecular weight is 155 g/mol. The highest BCUT2D eigenvalue weighted by Gasteiger charge is 2.19. The summed E-state index contributed by atoms with van der Waals surface area (Å²) in [5.41, 5.74) is 1.26. The van der Waals surface area contributed by atoms with E-state index in [1.54, 1.807) is 0 Å². The molecule has 0 aliphatic carbocycles. The van der Waals surface area contributed by atoms with E-state index in [9.17, 15) is 5.11 Å². The summed E-state index contributed by atoms with van der Waals surface area (Å²) < 4.78 is 0. The normalized spacial score (nSPS) is 25.8.